The molecule has 2 atom stereocenters. The Bertz CT molecular complexity index is 1190. The normalized spacial score (nSPS) is 14.0. The average molecular weight is 539 g/mol. The molecule has 1 N–H and O–H groups in total. The van der Waals surface area contributed by atoms with Crippen molar-refractivity contribution < 1.29 is 40.1 Å². The molecule has 0 aliphatic carbocycles. The number of carbonyl (C=O) groups excluding carboxylic acids is 1. The second-order valence-electron chi connectivity index (χ2n) is 9.47. The van der Waals surface area contributed by atoms with Gasteiger partial charge in [0.2, 0.25) is 0 Å². The lowest BCUT2D eigenvalue weighted by atomic mass is 9.88. The van der Waals surface area contributed by atoms with E-state index < -0.39 is 74.5 Å². The van der Waals surface area contributed by atoms with Crippen molar-refractivity contribution in [1.29, 1.82) is 0 Å². The summed E-state index contributed by atoms with van der Waals surface area (Å²) in [4.78, 5) is 12.2. The molecule has 2 aromatic rings. The maximum atomic E-state index is 16.0. The van der Waals surface area contributed by atoms with E-state index in [-0.39, 0.29) is 28.9 Å². The third-order valence-electron chi connectivity index (χ3n) is 5.75. The van der Waals surface area contributed by atoms with Gasteiger partial charge in [-0.15, -0.1) is 4.72 Å². The Labute approximate surface area is 209 Å². The van der Waals surface area contributed by atoms with Gasteiger partial charge >= 0.3 is 12.1 Å². The second kappa shape index (κ2) is 10.9. The zero-order valence-electron chi connectivity index (χ0n) is 21.1. The van der Waals surface area contributed by atoms with Crippen LogP contribution >= 0.6 is 0 Å². The van der Waals surface area contributed by atoms with Gasteiger partial charge in [0.1, 0.15) is 33.2 Å². The number of hydrogen-bond acceptors (Lipinski definition) is 3. The zero-order chi connectivity index (χ0) is 27.7. The Morgan fingerprint density at radius 2 is 1.61 bits per heavy atom. The summed E-state index contributed by atoms with van der Waals surface area (Å²) in [7, 11) is -2.44. The number of hydrogen-bond donors (Lipinski definition) is 1. The molecule has 200 valence electrons. The van der Waals surface area contributed by atoms with Crippen LogP contribution in [0.15, 0.2) is 12.1 Å². The number of nitrogens with one attached hydrogen (secondary N) is 1. The highest BCUT2D eigenvalue weighted by atomic mass is 32.2. The summed E-state index contributed by atoms with van der Waals surface area (Å²) in [6, 6.07) is -0.348. The van der Waals surface area contributed by atoms with Crippen LogP contribution in [0.2, 0.25) is 0 Å². The maximum Gasteiger partial charge on any atom is 0.419 e. The molecule has 11 heteroatoms. The van der Waals surface area contributed by atoms with Gasteiger partial charge < -0.3 is 4.74 Å². The maximum absolute atomic E-state index is 16.0. The molecule has 0 heterocycles. The SMILES string of the molecule is CCOC(=O)C[C@H](N[SH+](=O)C(C)(C)C)c1c(F)c(-c2c(C)cc(F)c(C)c2C)cc(C(F)(F)F)c1F. The summed E-state index contributed by atoms with van der Waals surface area (Å²) in [5, 5.41) is 0. The number of aryl methyl sites for hydroxylation is 1. The number of esters is 1. The zero-order valence-corrected chi connectivity index (χ0v) is 22.0. The fraction of sp³-hybridized carbons (Fsp3) is 0.480. The van der Waals surface area contributed by atoms with E-state index in [0.717, 1.165) is 6.07 Å². The fourth-order valence-electron chi connectivity index (χ4n) is 3.73. The highest BCUT2D eigenvalue weighted by molar-refractivity contribution is 7.84. The average Bonchev–Trinajstić information content (AvgIpc) is 2.72. The fourth-order valence-corrected chi connectivity index (χ4v) is 4.62. The van der Waals surface area contributed by atoms with Crippen LogP contribution in [-0.4, -0.2) is 17.3 Å². The van der Waals surface area contributed by atoms with E-state index in [2.05, 4.69) is 4.72 Å². The van der Waals surface area contributed by atoms with Crippen LogP contribution in [0.3, 0.4) is 0 Å². The van der Waals surface area contributed by atoms with Crippen LogP contribution < -0.4 is 4.72 Å². The van der Waals surface area contributed by atoms with Crippen molar-refractivity contribution in [2.45, 2.75) is 71.9 Å². The minimum absolute atomic E-state index is 0.0340. The predicted molar refractivity (Wildman–Crippen MR) is 127 cm³/mol. The highest BCUT2D eigenvalue weighted by Gasteiger charge is 2.41. The van der Waals surface area contributed by atoms with E-state index >= 15 is 8.78 Å². The number of rotatable bonds is 7. The van der Waals surface area contributed by atoms with E-state index in [9.17, 15) is 26.6 Å². The Hall–Kier alpha value is -2.40. The molecular formula is C25H30F6NO3S+. The summed E-state index contributed by atoms with van der Waals surface area (Å²) in [6.07, 6.45) is -6.00. The van der Waals surface area contributed by atoms with Gasteiger partial charge in [0.05, 0.1) is 24.6 Å². The van der Waals surface area contributed by atoms with Crippen LogP contribution in [0, 0.1) is 38.2 Å². The first-order chi connectivity index (χ1) is 16.4. The van der Waals surface area contributed by atoms with Crippen LogP contribution in [0.1, 0.15) is 68.0 Å². The lowest BCUT2D eigenvalue weighted by Gasteiger charge is -2.24. The number of benzene rings is 2. The van der Waals surface area contributed by atoms with Gasteiger partial charge in [-0.05, 0) is 82.9 Å². The molecule has 2 rings (SSSR count). The summed E-state index contributed by atoms with van der Waals surface area (Å²) < 4.78 is 107. The number of thiol groups is 1. The van der Waals surface area contributed by atoms with Crippen molar-refractivity contribution >= 4 is 17.0 Å². The lowest BCUT2D eigenvalue weighted by Crippen LogP contribution is -2.37. The van der Waals surface area contributed by atoms with Crippen LogP contribution in [0.4, 0.5) is 26.3 Å². The minimum Gasteiger partial charge on any atom is -0.466 e. The van der Waals surface area contributed by atoms with Gasteiger partial charge in [0, 0.05) is 11.1 Å². The summed E-state index contributed by atoms with van der Waals surface area (Å²) in [6.45, 7) is 10.3. The first-order valence-electron chi connectivity index (χ1n) is 11.2. The predicted octanol–water partition coefficient (Wildman–Crippen LogP) is 6.71. The second-order valence-corrected chi connectivity index (χ2v) is 11.7. The molecule has 0 aliphatic heterocycles. The quantitative estimate of drug-likeness (QED) is 0.185. The number of halogens is 6. The third kappa shape index (κ3) is 6.29. The topological polar surface area (TPSA) is 55.4 Å². The molecule has 2 aromatic carbocycles. The van der Waals surface area contributed by atoms with E-state index in [4.69, 9.17) is 4.74 Å². The van der Waals surface area contributed by atoms with E-state index in [1.807, 2.05) is 0 Å². The Morgan fingerprint density at radius 3 is 2.11 bits per heavy atom. The number of ether oxygens (including phenoxy) is 1. The summed E-state index contributed by atoms with van der Waals surface area (Å²) in [5.74, 6) is -4.89. The van der Waals surface area contributed by atoms with Gasteiger partial charge in [-0.25, -0.2) is 13.2 Å². The van der Waals surface area contributed by atoms with Crippen molar-refractivity contribution in [3.63, 3.8) is 0 Å². The first-order valence-corrected chi connectivity index (χ1v) is 12.4. The minimum atomic E-state index is -5.22. The van der Waals surface area contributed by atoms with Crippen molar-refractivity contribution in [2.75, 3.05) is 6.61 Å². The molecule has 0 aromatic heterocycles. The lowest BCUT2D eigenvalue weighted by molar-refractivity contribution is -0.143. The molecule has 0 radical (unpaired) electrons. The standard InChI is InChI=1S/C25H29F6NO3S/c1-8-35-19(33)11-18(32-36(34)24(5,6)7)21-22(27)15(10-16(23(21)28)25(29,30)31)20-12(2)9-17(26)13(3)14(20)4/h9-10,18H,8,11H2,1-7H3,(H,32,34)/p+1/t18-,36?/m0/s1. The van der Waals surface area contributed by atoms with Crippen molar-refractivity contribution in [2.24, 2.45) is 0 Å². The molecule has 0 saturated heterocycles. The first kappa shape index (κ1) is 29.8. The van der Waals surface area contributed by atoms with Gasteiger partial charge in [0.25, 0.3) is 0 Å². The number of alkyl halides is 3. The monoisotopic (exact) mass is 538 g/mol. The molecule has 0 bridgehead atoms. The highest BCUT2D eigenvalue weighted by Crippen LogP contribution is 2.42. The molecule has 0 spiro atoms. The Kier molecular flexibility index (Phi) is 9.05. The summed E-state index contributed by atoms with van der Waals surface area (Å²) >= 11 is 0. The van der Waals surface area contributed by atoms with E-state index in [1.54, 1.807) is 20.8 Å². The molecule has 4 nitrogen and oxygen atoms in total. The van der Waals surface area contributed by atoms with Gasteiger partial charge in [-0.2, -0.15) is 13.2 Å². The molecular weight excluding hydrogens is 508 g/mol. The molecule has 0 aliphatic rings. The van der Waals surface area contributed by atoms with Crippen molar-refractivity contribution in [3.05, 3.63) is 57.4 Å². The third-order valence-corrected chi connectivity index (χ3v) is 7.51. The Balaban J connectivity index is 2.95. The van der Waals surface area contributed by atoms with Gasteiger partial charge in [-0.3, -0.25) is 4.79 Å². The van der Waals surface area contributed by atoms with E-state index in [0.29, 0.717) is 6.07 Å². The molecule has 36 heavy (non-hydrogen) atoms. The van der Waals surface area contributed by atoms with Crippen LogP contribution in [0.25, 0.3) is 11.1 Å². The van der Waals surface area contributed by atoms with Crippen LogP contribution in [-0.2, 0) is 30.9 Å². The molecule has 0 fully saturated rings. The van der Waals surface area contributed by atoms with Crippen molar-refractivity contribution in [3.8, 4) is 11.1 Å². The smallest absolute Gasteiger partial charge is 0.419 e. The van der Waals surface area contributed by atoms with E-state index in [1.165, 1.54) is 27.7 Å². The largest absolute Gasteiger partial charge is 0.466 e. The summed E-state index contributed by atoms with van der Waals surface area (Å²) in [5.41, 5.74) is -3.11. The van der Waals surface area contributed by atoms with Gasteiger partial charge in [-0.1, -0.05) is 4.21 Å². The molecule has 0 saturated carbocycles. The van der Waals surface area contributed by atoms with Crippen LogP contribution in [0.5, 0.6) is 0 Å². The van der Waals surface area contributed by atoms with Crippen molar-refractivity contribution in [1.82, 2.24) is 4.72 Å². The number of carbonyl (C=O) groups is 1. The Morgan fingerprint density at radius 1 is 1.03 bits per heavy atom. The van der Waals surface area contributed by atoms with Gasteiger partial charge in [0.15, 0.2) is 0 Å². The molecule has 1 unspecified atom stereocenters. The molecule has 0 amide bonds.